The zero-order valence-corrected chi connectivity index (χ0v) is 17.5. The highest BCUT2D eigenvalue weighted by Crippen LogP contribution is 2.38. The predicted molar refractivity (Wildman–Crippen MR) is 120 cm³/mol. The van der Waals surface area contributed by atoms with Crippen LogP contribution in [0.15, 0.2) is 66.7 Å². The second-order valence-electron chi connectivity index (χ2n) is 7.82. The molecule has 4 rings (SSSR count). The molecule has 0 fully saturated rings. The average molecular weight is 402 g/mol. The summed E-state index contributed by atoms with van der Waals surface area (Å²) >= 11 is 0. The largest absolute Gasteiger partial charge is 0.497 e. The number of benzene rings is 3. The van der Waals surface area contributed by atoms with Crippen molar-refractivity contribution in [1.29, 1.82) is 0 Å². The van der Waals surface area contributed by atoms with Crippen LogP contribution in [0.4, 0.5) is 5.69 Å². The Morgan fingerprint density at radius 3 is 2.57 bits per heavy atom. The second-order valence-corrected chi connectivity index (χ2v) is 7.82. The molecular weight excluding hydrogens is 374 g/mol. The molecule has 1 N–H and O–H groups in total. The Balaban J connectivity index is 1.55. The molecule has 3 aromatic rings. The fourth-order valence-electron chi connectivity index (χ4n) is 4.33. The smallest absolute Gasteiger partial charge is 0.335 e. The molecule has 0 saturated heterocycles. The third-order valence-corrected chi connectivity index (χ3v) is 6.04. The summed E-state index contributed by atoms with van der Waals surface area (Å²) in [6.07, 6.45) is 2.87. The van der Waals surface area contributed by atoms with E-state index in [-0.39, 0.29) is 6.04 Å². The van der Waals surface area contributed by atoms with E-state index in [4.69, 9.17) is 9.84 Å². The first-order valence-corrected chi connectivity index (χ1v) is 10.4. The van der Waals surface area contributed by atoms with Crippen molar-refractivity contribution in [2.45, 2.75) is 32.2 Å². The van der Waals surface area contributed by atoms with E-state index in [0.717, 1.165) is 37.1 Å². The number of rotatable bonds is 7. The van der Waals surface area contributed by atoms with Crippen molar-refractivity contribution in [2.75, 3.05) is 18.6 Å². The molecule has 4 nitrogen and oxygen atoms in total. The van der Waals surface area contributed by atoms with E-state index >= 15 is 0 Å². The van der Waals surface area contributed by atoms with Gasteiger partial charge < -0.3 is 14.7 Å². The molecule has 0 bridgehead atoms. The molecule has 0 amide bonds. The maximum atomic E-state index is 11.1. The van der Waals surface area contributed by atoms with Gasteiger partial charge in [0.25, 0.3) is 0 Å². The van der Waals surface area contributed by atoms with Crippen LogP contribution in [0.3, 0.4) is 0 Å². The number of fused-ring (bicyclic) bond motifs is 1. The first kappa shape index (κ1) is 20.0. The van der Waals surface area contributed by atoms with Crippen molar-refractivity contribution in [3.63, 3.8) is 0 Å². The van der Waals surface area contributed by atoms with Crippen molar-refractivity contribution in [1.82, 2.24) is 0 Å². The summed E-state index contributed by atoms with van der Waals surface area (Å²) in [5.41, 5.74) is 6.85. The predicted octanol–water partition coefficient (Wildman–Crippen LogP) is 5.30. The summed E-state index contributed by atoms with van der Waals surface area (Å²) in [6.45, 7) is 3.27. The number of hydrogen-bond acceptors (Lipinski definition) is 3. The van der Waals surface area contributed by atoms with Gasteiger partial charge >= 0.3 is 5.97 Å². The first-order valence-electron chi connectivity index (χ1n) is 10.4. The number of carboxylic acid groups (broad SMARTS) is 1. The van der Waals surface area contributed by atoms with Gasteiger partial charge in [-0.05, 0) is 72.7 Å². The summed E-state index contributed by atoms with van der Waals surface area (Å²) in [4.78, 5) is 13.6. The minimum Gasteiger partial charge on any atom is -0.497 e. The summed E-state index contributed by atoms with van der Waals surface area (Å²) in [5, 5.41) is 9.08. The lowest BCUT2D eigenvalue weighted by atomic mass is 9.98. The highest BCUT2D eigenvalue weighted by Gasteiger charge is 2.26. The van der Waals surface area contributed by atoms with Crippen molar-refractivity contribution >= 4 is 11.7 Å². The van der Waals surface area contributed by atoms with Gasteiger partial charge in [0.05, 0.1) is 18.7 Å². The summed E-state index contributed by atoms with van der Waals surface area (Å²) in [6, 6.07) is 22.4. The number of carboxylic acids is 1. The lowest BCUT2D eigenvalue weighted by Gasteiger charge is -2.30. The molecular formula is C26H27NO3. The van der Waals surface area contributed by atoms with E-state index < -0.39 is 5.97 Å². The van der Waals surface area contributed by atoms with Gasteiger partial charge in [-0.2, -0.15) is 0 Å². The molecule has 1 atom stereocenters. The minimum absolute atomic E-state index is 0.261. The van der Waals surface area contributed by atoms with Crippen LogP contribution in [0.5, 0.6) is 5.75 Å². The van der Waals surface area contributed by atoms with Crippen LogP contribution >= 0.6 is 0 Å². The summed E-state index contributed by atoms with van der Waals surface area (Å²) in [5.74, 6) is 0.00136. The second kappa shape index (κ2) is 8.62. The van der Waals surface area contributed by atoms with E-state index in [2.05, 4.69) is 42.2 Å². The molecule has 0 aromatic heterocycles. The monoisotopic (exact) mass is 401 g/mol. The van der Waals surface area contributed by atoms with Gasteiger partial charge in [-0.15, -0.1) is 0 Å². The van der Waals surface area contributed by atoms with Gasteiger partial charge in [0, 0.05) is 12.2 Å². The van der Waals surface area contributed by atoms with Crippen LogP contribution in [0, 0.1) is 0 Å². The molecule has 1 heterocycles. The van der Waals surface area contributed by atoms with Gasteiger partial charge in [0.1, 0.15) is 5.75 Å². The molecule has 0 spiro atoms. The Hall–Kier alpha value is -3.27. The molecule has 0 radical (unpaired) electrons. The van der Waals surface area contributed by atoms with Gasteiger partial charge in [0.15, 0.2) is 0 Å². The van der Waals surface area contributed by atoms with E-state index in [1.54, 1.807) is 19.2 Å². The molecule has 1 aliphatic heterocycles. The number of ether oxygens (including phenoxy) is 1. The average Bonchev–Trinajstić information content (AvgIpc) is 3.22. The Kier molecular flexibility index (Phi) is 5.75. The molecule has 0 aliphatic carbocycles. The van der Waals surface area contributed by atoms with E-state index in [0.29, 0.717) is 5.56 Å². The van der Waals surface area contributed by atoms with Crippen LogP contribution in [-0.4, -0.2) is 24.7 Å². The number of methoxy groups -OCH3 is 1. The Labute approximate surface area is 177 Å². The number of carbonyl (C=O) groups is 1. The number of anilines is 1. The third-order valence-electron chi connectivity index (χ3n) is 6.04. The van der Waals surface area contributed by atoms with Crippen LogP contribution < -0.4 is 9.64 Å². The maximum Gasteiger partial charge on any atom is 0.335 e. The maximum absolute atomic E-state index is 11.1. The zero-order chi connectivity index (χ0) is 21.1. The molecule has 1 unspecified atom stereocenters. The summed E-state index contributed by atoms with van der Waals surface area (Å²) < 4.78 is 5.42. The van der Waals surface area contributed by atoms with Gasteiger partial charge in [-0.1, -0.05) is 42.5 Å². The van der Waals surface area contributed by atoms with Crippen LogP contribution in [-0.2, 0) is 19.3 Å². The number of para-hydroxylation sites is 1. The highest BCUT2D eigenvalue weighted by atomic mass is 16.5. The first-order chi connectivity index (χ1) is 14.6. The van der Waals surface area contributed by atoms with Crippen molar-refractivity contribution in [3.05, 3.63) is 94.5 Å². The lowest BCUT2D eigenvalue weighted by molar-refractivity contribution is 0.0697. The molecule has 3 aromatic carbocycles. The zero-order valence-electron chi connectivity index (χ0n) is 17.5. The highest BCUT2D eigenvalue weighted by molar-refractivity contribution is 5.87. The number of aryl methyl sites for hydroxylation is 2. The van der Waals surface area contributed by atoms with Crippen LogP contribution in [0.25, 0.3) is 0 Å². The van der Waals surface area contributed by atoms with Gasteiger partial charge in [-0.25, -0.2) is 4.79 Å². The Morgan fingerprint density at radius 2 is 1.83 bits per heavy atom. The SMILES string of the molecule is COc1cccc(C(C)N2CCc3cccc(CCc4ccc(C(=O)O)cc4)c32)c1. The molecule has 0 saturated carbocycles. The lowest BCUT2D eigenvalue weighted by Crippen LogP contribution is -2.25. The van der Waals surface area contributed by atoms with Crippen LogP contribution in [0.1, 0.15) is 45.6 Å². The van der Waals surface area contributed by atoms with Gasteiger partial charge in [-0.3, -0.25) is 0 Å². The number of nitrogens with zero attached hydrogens (tertiary/aromatic N) is 1. The Morgan fingerprint density at radius 1 is 1.07 bits per heavy atom. The molecule has 154 valence electrons. The van der Waals surface area contributed by atoms with Gasteiger partial charge in [0.2, 0.25) is 0 Å². The standard InChI is InChI=1S/C26H27NO3/c1-18(23-7-4-8-24(17-23)30-2)27-16-15-21-6-3-5-20(25(21)27)12-9-19-10-13-22(14-11-19)26(28)29/h3-8,10-11,13-14,17-18H,9,12,15-16H2,1-2H3,(H,28,29). The number of aromatic carboxylic acids is 1. The summed E-state index contributed by atoms with van der Waals surface area (Å²) in [7, 11) is 1.70. The van der Waals surface area contributed by atoms with E-state index in [9.17, 15) is 4.79 Å². The minimum atomic E-state index is -0.885. The van der Waals surface area contributed by atoms with Crippen LogP contribution in [0.2, 0.25) is 0 Å². The molecule has 1 aliphatic rings. The van der Waals surface area contributed by atoms with Crippen molar-refractivity contribution in [3.8, 4) is 5.75 Å². The number of hydrogen-bond donors (Lipinski definition) is 1. The molecule has 4 heteroatoms. The molecule has 30 heavy (non-hydrogen) atoms. The van der Waals surface area contributed by atoms with Crippen molar-refractivity contribution in [2.24, 2.45) is 0 Å². The van der Waals surface area contributed by atoms with E-state index in [1.165, 1.54) is 22.4 Å². The quantitative estimate of drug-likeness (QED) is 0.583. The van der Waals surface area contributed by atoms with E-state index in [1.807, 2.05) is 24.3 Å². The Bertz CT molecular complexity index is 1040. The normalized spacial score (nSPS) is 13.7. The van der Waals surface area contributed by atoms with Crippen molar-refractivity contribution < 1.29 is 14.6 Å². The third kappa shape index (κ3) is 4.04. The topological polar surface area (TPSA) is 49.8 Å². The fourth-order valence-corrected chi connectivity index (χ4v) is 4.33. The fraction of sp³-hybridized carbons (Fsp3) is 0.269.